The predicted octanol–water partition coefficient (Wildman–Crippen LogP) is 1.21. The molecule has 82 valence electrons. The van der Waals surface area contributed by atoms with Crippen LogP contribution in [0.2, 0.25) is 0 Å². The Hall–Kier alpha value is -0.980. The summed E-state index contributed by atoms with van der Waals surface area (Å²) in [7, 11) is 1.39. The van der Waals surface area contributed by atoms with E-state index < -0.39 is 9.05 Å². The number of aromatic amines is 2. The molecule has 0 spiro atoms. The summed E-state index contributed by atoms with van der Waals surface area (Å²) in [5.74, 6) is 0. The van der Waals surface area contributed by atoms with Gasteiger partial charge >= 0.3 is 5.69 Å². The largest absolute Gasteiger partial charge is 0.323 e. The Morgan fingerprint density at radius 3 is 2.33 bits per heavy atom. The minimum atomic E-state index is -3.75. The fourth-order valence-electron chi connectivity index (χ4n) is 1.16. The van der Waals surface area contributed by atoms with Crippen LogP contribution in [0.1, 0.15) is 0 Å². The van der Waals surface area contributed by atoms with Crippen LogP contribution in [-0.4, -0.2) is 18.4 Å². The van der Waals surface area contributed by atoms with Crippen molar-refractivity contribution in [2.24, 2.45) is 0 Å². The Bertz CT molecular complexity index is 644. The van der Waals surface area contributed by atoms with Crippen molar-refractivity contribution in [1.82, 2.24) is 9.97 Å². The number of hydrogen-bond acceptors (Lipinski definition) is 3. The topological polar surface area (TPSA) is 82.8 Å². The van der Waals surface area contributed by atoms with Crippen LogP contribution < -0.4 is 5.69 Å². The second-order valence-corrected chi connectivity index (χ2v) is 5.29. The Morgan fingerprint density at radius 1 is 1.13 bits per heavy atom. The number of nitrogens with one attached hydrogen (secondary N) is 2. The van der Waals surface area contributed by atoms with E-state index in [2.05, 4.69) is 9.97 Å². The third-order valence-electron chi connectivity index (χ3n) is 1.77. The average molecular weight is 269 g/mol. The van der Waals surface area contributed by atoms with Crippen molar-refractivity contribution in [3.8, 4) is 0 Å². The van der Waals surface area contributed by atoms with Gasteiger partial charge in [-0.25, -0.2) is 13.2 Å². The van der Waals surface area contributed by atoms with Gasteiger partial charge in [0.15, 0.2) is 0 Å². The summed E-state index contributed by atoms with van der Waals surface area (Å²) in [6.45, 7) is 0. The summed E-state index contributed by atoms with van der Waals surface area (Å²) >= 11 is 0. The molecule has 0 atom stereocenters. The first-order valence-electron chi connectivity index (χ1n) is 3.63. The van der Waals surface area contributed by atoms with Crippen molar-refractivity contribution < 1.29 is 8.42 Å². The van der Waals surface area contributed by atoms with Gasteiger partial charge in [-0.1, -0.05) is 0 Å². The van der Waals surface area contributed by atoms with Crippen molar-refractivity contribution in [3.63, 3.8) is 0 Å². The average Bonchev–Trinajstić information content (AvgIpc) is 2.41. The first kappa shape index (κ1) is 12.1. The van der Waals surface area contributed by atoms with Crippen LogP contribution in [0, 0.1) is 0 Å². The van der Waals surface area contributed by atoms with Gasteiger partial charge in [-0.3, -0.25) is 0 Å². The number of benzene rings is 1. The lowest BCUT2D eigenvalue weighted by Crippen LogP contribution is -1.99. The zero-order valence-electron chi connectivity index (χ0n) is 7.15. The summed E-state index contributed by atoms with van der Waals surface area (Å²) in [6.07, 6.45) is 0. The Balaban J connectivity index is 0.00000112. The minimum absolute atomic E-state index is 0. The monoisotopic (exact) mass is 268 g/mol. The molecule has 1 heterocycles. The van der Waals surface area contributed by atoms with Crippen molar-refractivity contribution >= 4 is 43.2 Å². The molecule has 15 heavy (non-hydrogen) atoms. The molecule has 0 saturated carbocycles. The first-order valence-corrected chi connectivity index (χ1v) is 5.94. The van der Waals surface area contributed by atoms with E-state index in [-0.39, 0.29) is 23.0 Å². The quantitative estimate of drug-likeness (QED) is 0.763. The molecule has 0 aliphatic carbocycles. The normalized spacial score (nSPS) is 11.3. The van der Waals surface area contributed by atoms with Crippen molar-refractivity contribution in [3.05, 3.63) is 28.7 Å². The second-order valence-electron chi connectivity index (χ2n) is 2.72. The lowest BCUT2D eigenvalue weighted by molar-refractivity contribution is 0.609. The van der Waals surface area contributed by atoms with Gasteiger partial charge in [0.25, 0.3) is 9.05 Å². The molecule has 0 fully saturated rings. The Morgan fingerprint density at radius 2 is 1.73 bits per heavy atom. The van der Waals surface area contributed by atoms with E-state index in [9.17, 15) is 13.2 Å². The van der Waals surface area contributed by atoms with Crippen LogP contribution in [-0.2, 0) is 9.05 Å². The molecule has 0 radical (unpaired) electrons. The van der Waals surface area contributed by atoms with Gasteiger partial charge in [0.2, 0.25) is 0 Å². The molecule has 1 aromatic carbocycles. The fraction of sp³-hybridized carbons (Fsp3) is 0. The highest BCUT2D eigenvalue weighted by atomic mass is 35.7. The number of H-pyrrole nitrogens is 2. The van der Waals surface area contributed by atoms with E-state index in [0.29, 0.717) is 11.0 Å². The van der Waals surface area contributed by atoms with Gasteiger partial charge in [-0.15, -0.1) is 12.4 Å². The number of fused-ring (bicyclic) bond motifs is 1. The Kier molecular flexibility index (Phi) is 3.13. The van der Waals surface area contributed by atoms with Gasteiger partial charge in [0.1, 0.15) is 0 Å². The Labute approximate surface area is 95.3 Å². The van der Waals surface area contributed by atoms with Crippen LogP contribution in [0.15, 0.2) is 27.9 Å². The fourth-order valence-corrected chi connectivity index (χ4v) is 1.94. The van der Waals surface area contributed by atoms with E-state index in [4.69, 9.17) is 10.7 Å². The zero-order chi connectivity index (χ0) is 10.3. The lowest BCUT2D eigenvalue weighted by atomic mass is 10.3. The summed E-state index contributed by atoms with van der Waals surface area (Å²) in [5.41, 5.74) is 0.569. The lowest BCUT2D eigenvalue weighted by Gasteiger charge is -1.94. The molecule has 0 unspecified atom stereocenters. The highest BCUT2D eigenvalue weighted by Crippen LogP contribution is 2.18. The molecule has 5 nitrogen and oxygen atoms in total. The molecule has 1 aromatic heterocycles. The molecule has 0 amide bonds. The van der Waals surface area contributed by atoms with Crippen LogP contribution in [0.3, 0.4) is 0 Å². The molecule has 0 aliphatic rings. The smallest absolute Gasteiger partial charge is 0.306 e. The number of hydrogen-bond donors (Lipinski definition) is 2. The number of imidazole rings is 1. The molecule has 2 rings (SSSR count). The summed E-state index contributed by atoms with van der Waals surface area (Å²) in [4.78, 5) is 15.7. The number of rotatable bonds is 1. The van der Waals surface area contributed by atoms with Gasteiger partial charge < -0.3 is 9.97 Å². The SMILES string of the molecule is Cl.O=c1[nH]c2ccc(S(=O)(=O)Cl)cc2[nH]1. The summed E-state index contributed by atoms with van der Waals surface area (Å²) in [6, 6.07) is 4.10. The van der Waals surface area contributed by atoms with Crippen molar-refractivity contribution in [1.29, 1.82) is 0 Å². The molecular weight excluding hydrogens is 263 g/mol. The standard InChI is InChI=1S/C7H5ClN2O3S.ClH/c8-14(12,13)4-1-2-5-6(3-4)10-7(11)9-5;/h1-3H,(H2,9,10,11);1H. The summed E-state index contributed by atoms with van der Waals surface area (Å²) < 4.78 is 21.9. The second kappa shape index (κ2) is 3.88. The van der Waals surface area contributed by atoms with Crippen LogP contribution in [0.25, 0.3) is 11.0 Å². The van der Waals surface area contributed by atoms with Crippen molar-refractivity contribution in [2.45, 2.75) is 4.90 Å². The molecule has 0 saturated heterocycles. The minimum Gasteiger partial charge on any atom is -0.306 e. The van der Waals surface area contributed by atoms with E-state index in [1.165, 1.54) is 18.2 Å². The number of aromatic nitrogens is 2. The summed E-state index contributed by atoms with van der Waals surface area (Å²) in [5, 5.41) is 0. The molecular formula is C7H6Cl2N2O3S. The van der Waals surface area contributed by atoms with Gasteiger partial charge in [0.05, 0.1) is 15.9 Å². The van der Waals surface area contributed by atoms with E-state index >= 15 is 0 Å². The maximum atomic E-state index is 10.9. The van der Waals surface area contributed by atoms with Gasteiger partial charge in [0, 0.05) is 10.7 Å². The number of halogens is 2. The first-order chi connectivity index (χ1) is 6.47. The highest BCUT2D eigenvalue weighted by molar-refractivity contribution is 8.13. The van der Waals surface area contributed by atoms with Gasteiger partial charge in [-0.2, -0.15) is 0 Å². The van der Waals surface area contributed by atoms with Crippen LogP contribution in [0.4, 0.5) is 0 Å². The predicted molar refractivity (Wildman–Crippen MR) is 59.2 cm³/mol. The molecule has 2 aromatic rings. The molecule has 8 heteroatoms. The van der Waals surface area contributed by atoms with Gasteiger partial charge in [-0.05, 0) is 18.2 Å². The van der Waals surface area contributed by atoms with E-state index in [1.807, 2.05) is 0 Å². The molecule has 0 aliphatic heterocycles. The molecule has 2 N–H and O–H groups in total. The van der Waals surface area contributed by atoms with Crippen molar-refractivity contribution in [2.75, 3.05) is 0 Å². The van der Waals surface area contributed by atoms with Crippen LogP contribution in [0.5, 0.6) is 0 Å². The maximum Gasteiger partial charge on any atom is 0.323 e. The highest BCUT2D eigenvalue weighted by Gasteiger charge is 2.10. The van der Waals surface area contributed by atoms with E-state index in [0.717, 1.165) is 0 Å². The van der Waals surface area contributed by atoms with Crippen LogP contribution >= 0.6 is 23.1 Å². The third-order valence-corrected chi connectivity index (χ3v) is 3.12. The maximum absolute atomic E-state index is 10.9. The van der Waals surface area contributed by atoms with E-state index in [1.54, 1.807) is 0 Å². The third kappa shape index (κ3) is 2.34. The molecule has 0 bridgehead atoms. The zero-order valence-corrected chi connectivity index (χ0v) is 9.54.